The van der Waals surface area contributed by atoms with E-state index in [1.807, 2.05) is 0 Å². The molecule has 4 N–H and O–H groups in total. The Morgan fingerprint density at radius 2 is 1.17 bits per heavy atom. The standard InChI is InChI=1S/H3O3P.H2O2/c1-4(2)3;1-2/h4H,(H2,1,2,3);1-2H. The second-order valence-electron chi connectivity index (χ2n) is 0.283. The molecule has 0 rings (SSSR count). The molecule has 0 aromatic heterocycles. The third-order valence-corrected chi connectivity index (χ3v) is 0. The molecule has 0 fully saturated rings. The summed E-state index contributed by atoms with van der Waals surface area (Å²) in [6.45, 7) is 0. The van der Waals surface area contributed by atoms with Gasteiger partial charge >= 0.3 is 8.25 Å². The molecule has 0 aliphatic carbocycles. The number of hydrogen-bond acceptors (Lipinski definition) is 3. The lowest BCUT2D eigenvalue weighted by molar-refractivity contribution is -0.176. The van der Waals surface area contributed by atoms with E-state index < -0.39 is 8.25 Å². The monoisotopic (exact) mass is 116 g/mol. The fourth-order valence-electron chi connectivity index (χ4n) is 0. The lowest BCUT2D eigenvalue weighted by Gasteiger charge is -1.61. The van der Waals surface area contributed by atoms with Gasteiger partial charge < -0.3 is 9.79 Å². The third kappa shape index (κ3) is 7830. The van der Waals surface area contributed by atoms with E-state index in [9.17, 15) is 0 Å². The maximum atomic E-state index is 8.74. The summed E-state index contributed by atoms with van der Waals surface area (Å²) in [6.07, 6.45) is 0. The molecule has 0 heterocycles. The van der Waals surface area contributed by atoms with E-state index in [-0.39, 0.29) is 0 Å². The molecule has 0 spiro atoms. The zero-order chi connectivity index (χ0) is 5.58. The van der Waals surface area contributed by atoms with Gasteiger partial charge in [0.25, 0.3) is 0 Å². The van der Waals surface area contributed by atoms with Crippen LogP contribution in [-0.4, -0.2) is 20.3 Å². The smallest absolute Gasteiger partial charge is 0.314 e. The van der Waals surface area contributed by atoms with Crippen LogP contribution in [0.25, 0.3) is 0 Å². The lowest BCUT2D eigenvalue weighted by Crippen LogP contribution is -1.38. The average molecular weight is 116 g/mol. The maximum absolute atomic E-state index is 8.74. The lowest BCUT2D eigenvalue weighted by atomic mass is 15.0. The van der Waals surface area contributed by atoms with Gasteiger partial charge in [0, 0.05) is 0 Å². The molecule has 6 heteroatoms. The van der Waals surface area contributed by atoms with Crippen molar-refractivity contribution in [3.05, 3.63) is 0 Å². The molecule has 5 nitrogen and oxygen atoms in total. The van der Waals surface area contributed by atoms with Crippen LogP contribution in [-0.2, 0) is 4.57 Å². The first-order valence-corrected chi connectivity index (χ1v) is 2.15. The molecule has 6 heavy (non-hydrogen) atoms. The van der Waals surface area contributed by atoms with Crippen molar-refractivity contribution in [1.82, 2.24) is 0 Å². The molecule has 0 aliphatic heterocycles. The van der Waals surface area contributed by atoms with Gasteiger partial charge in [0.1, 0.15) is 0 Å². The predicted octanol–water partition coefficient (Wildman–Crippen LogP) is -0.622. The van der Waals surface area contributed by atoms with Gasteiger partial charge in [-0.05, 0) is 0 Å². The van der Waals surface area contributed by atoms with E-state index in [0.29, 0.717) is 0 Å². The van der Waals surface area contributed by atoms with Gasteiger partial charge in [-0.3, -0.25) is 15.1 Å². The van der Waals surface area contributed by atoms with E-state index in [1.54, 1.807) is 0 Å². The van der Waals surface area contributed by atoms with Crippen molar-refractivity contribution in [1.29, 1.82) is 0 Å². The van der Waals surface area contributed by atoms with Crippen molar-refractivity contribution in [2.45, 2.75) is 0 Å². The van der Waals surface area contributed by atoms with Crippen LogP contribution in [0.4, 0.5) is 0 Å². The minimum absolute atomic E-state index is 3.13. The van der Waals surface area contributed by atoms with Crippen molar-refractivity contribution >= 4 is 8.25 Å². The molecule has 0 saturated heterocycles. The van der Waals surface area contributed by atoms with Crippen molar-refractivity contribution in [3.8, 4) is 0 Å². The highest BCUT2D eigenvalue weighted by Crippen LogP contribution is 1.98. The molecule has 0 unspecified atom stereocenters. The minimum atomic E-state index is -3.13. The molecule has 40 valence electrons. The molecular formula is H5O5P. The van der Waals surface area contributed by atoms with Crippen molar-refractivity contribution < 1.29 is 24.9 Å². The largest absolute Gasteiger partial charge is 0.326 e. The van der Waals surface area contributed by atoms with Gasteiger partial charge in [-0.15, -0.1) is 0 Å². The van der Waals surface area contributed by atoms with E-state index in [4.69, 9.17) is 24.9 Å². The van der Waals surface area contributed by atoms with Gasteiger partial charge in [0.15, 0.2) is 0 Å². The summed E-state index contributed by atoms with van der Waals surface area (Å²) in [5.74, 6) is 0. The Morgan fingerprint density at radius 3 is 1.17 bits per heavy atom. The molecule has 0 aromatic rings. The van der Waals surface area contributed by atoms with Crippen LogP contribution in [0.2, 0.25) is 0 Å². The Balaban J connectivity index is 0. The minimum Gasteiger partial charge on any atom is -0.326 e. The van der Waals surface area contributed by atoms with Crippen molar-refractivity contribution in [2.75, 3.05) is 0 Å². The summed E-state index contributed by atoms with van der Waals surface area (Å²) in [7, 11) is -3.13. The molecular weight excluding hydrogens is 111 g/mol. The highest BCUT2D eigenvalue weighted by atomic mass is 31.1. The van der Waals surface area contributed by atoms with Gasteiger partial charge in [-0.25, -0.2) is 0 Å². The molecule has 0 aliphatic rings. The zero-order valence-electron chi connectivity index (χ0n) is 2.70. The molecule has 0 amide bonds. The normalized spacial score (nSPS) is 6.83. The predicted molar refractivity (Wildman–Crippen MR) is 18.7 cm³/mol. The summed E-state index contributed by atoms with van der Waals surface area (Å²) in [5.41, 5.74) is 0. The van der Waals surface area contributed by atoms with Gasteiger partial charge in [0.2, 0.25) is 0 Å². The maximum Gasteiger partial charge on any atom is 0.314 e. The summed E-state index contributed by atoms with van der Waals surface area (Å²) < 4.78 is 8.74. The van der Waals surface area contributed by atoms with Crippen LogP contribution >= 0.6 is 8.25 Å². The quantitative estimate of drug-likeness (QED) is 0.192. The Labute approximate surface area is 34.4 Å². The van der Waals surface area contributed by atoms with Crippen LogP contribution in [0.5, 0.6) is 0 Å². The first kappa shape index (κ1) is 9.42. The van der Waals surface area contributed by atoms with E-state index >= 15 is 0 Å². The first-order valence-electron chi connectivity index (χ1n) is 0.851. The molecule has 0 bridgehead atoms. The van der Waals surface area contributed by atoms with Crippen LogP contribution in [0.3, 0.4) is 0 Å². The van der Waals surface area contributed by atoms with E-state index in [2.05, 4.69) is 0 Å². The van der Waals surface area contributed by atoms with Crippen LogP contribution in [0, 0.1) is 0 Å². The molecule has 0 aromatic carbocycles. The fraction of sp³-hybridized carbons (Fsp3) is 0. The Hall–Kier alpha value is 0.0700. The Bertz CT molecular complexity index is 26.9. The van der Waals surface area contributed by atoms with E-state index in [0.717, 1.165) is 0 Å². The molecule has 0 radical (unpaired) electrons. The summed E-state index contributed by atoms with van der Waals surface area (Å²) >= 11 is 0. The van der Waals surface area contributed by atoms with Crippen LogP contribution in [0.15, 0.2) is 0 Å². The topological polar surface area (TPSA) is 98.0 Å². The summed E-state index contributed by atoms with van der Waals surface area (Å²) in [5, 5.41) is 12.0. The van der Waals surface area contributed by atoms with Gasteiger partial charge in [0.05, 0.1) is 0 Å². The average Bonchev–Trinajstić information content (AvgIpc) is 1.41. The second-order valence-corrected chi connectivity index (χ2v) is 0.848. The van der Waals surface area contributed by atoms with Crippen molar-refractivity contribution in [3.63, 3.8) is 0 Å². The highest BCUT2D eigenvalue weighted by Gasteiger charge is 1.61. The van der Waals surface area contributed by atoms with Crippen LogP contribution in [0.1, 0.15) is 0 Å². The molecule has 0 atom stereocenters. The first-order chi connectivity index (χ1) is 2.73. The van der Waals surface area contributed by atoms with Gasteiger partial charge in [-0.2, -0.15) is 0 Å². The molecule has 0 saturated carbocycles. The second kappa shape index (κ2) is 8.91. The summed E-state index contributed by atoms with van der Waals surface area (Å²) in [4.78, 5) is 14.3. The van der Waals surface area contributed by atoms with E-state index in [1.165, 1.54) is 0 Å². The Kier molecular flexibility index (Phi) is 14.0. The third-order valence-electron chi connectivity index (χ3n) is 0. The summed E-state index contributed by atoms with van der Waals surface area (Å²) in [6, 6.07) is 0. The van der Waals surface area contributed by atoms with Crippen LogP contribution < -0.4 is 0 Å². The zero-order valence-corrected chi connectivity index (χ0v) is 3.70. The number of rotatable bonds is 0. The van der Waals surface area contributed by atoms with Crippen molar-refractivity contribution in [2.24, 2.45) is 0 Å². The van der Waals surface area contributed by atoms with Gasteiger partial charge in [-0.1, -0.05) is 0 Å². The Morgan fingerprint density at radius 1 is 1.17 bits per heavy atom. The highest BCUT2D eigenvalue weighted by molar-refractivity contribution is 7.30. The fourth-order valence-corrected chi connectivity index (χ4v) is 0. The number of hydrogen-bond donors (Lipinski definition) is 4. The SMILES string of the molecule is O=[PH](O)O.OO.